The van der Waals surface area contributed by atoms with Crippen molar-refractivity contribution in [2.75, 3.05) is 12.4 Å². The minimum absolute atomic E-state index is 1.11. The highest BCUT2D eigenvalue weighted by atomic mass is 14.8. The van der Waals surface area contributed by atoms with E-state index in [-0.39, 0.29) is 0 Å². The van der Waals surface area contributed by atoms with E-state index in [4.69, 9.17) is 0 Å². The summed E-state index contributed by atoms with van der Waals surface area (Å²) < 4.78 is 0. The third kappa shape index (κ3) is 1.73. The molecule has 0 radical (unpaired) electrons. The van der Waals surface area contributed by atoms with E-state index in [0.29, 0.717) is 0 Å². The monoisotopic (exact) mass is 149 g/mol. The first-order chi connectivity index (χ1) is 5.27. The van der Waals surface area contributed by atoms with Gasteiger partial charge in [-0.25, -0.2) is 0 Å². The second-order valence-electron chi connectivity index (χ2n) is 2.74. The van der Waals surface area contributed by atoms with E-state index in [0.717, 1.165) is 6.42 Å². The van der Waals surface area contributed by atoms with Gasteiger partial charge in [-0.05, 0) is 36.6 Å². The molecule has 0 fully saturated rings. The predicted octanol–water partition coefficient (Wildman–Crippen LogP) is 2.60. The fourth-order valence-corrected chi connectivity index (χ4v) is 1.21. The van der Waals surface area contributed by atoms with Crippen molar-refractivity contribution < 1.29 is 0 Å². The molecule has 1 heteroatoms. The molecule has 1 N–H and O–H groups in total. The molecule has 0 saturated carbocycles. The Labute approximate surface area is 68.4 Å². The van der Waals surface area contributed by atoms with Gasteiger partial charge in [-0.2, -0.15) is 0 Å². The van der Waals surface area contributed by atoms with E-state index in [9.17, 15) is 0 Å². The molecular formula is C10H15N. The van der Waals surface area contributed by atoms with Gasteiger partial charge in [0.2, 0.25) is 0 Å². The lowest BCUT2D eigenvalue weighted by Crippen LogP contribution is -1.91. The first kappa shape index (κ1) is 8.12. The zero-order valence-corrected chi connectivity index (χ0v) is 7.44. The molecule has 0 aromatic heterocycles. The summed E-state index contributed by atoms with van der Waals surface area (Å²) in [5, 5.41) is 3.13. The van der Waals surface area contributed by atoms with Crippen LogP contribution in [0.1, 0.15) is 18.1 Å². The zero-order chi connectivity index (χ0) is 8.27. The van der Waals surface area contributed by atoms with Gasteiger partial charge in [-0.1, -0.05) is 13.0 Å². The van der Waals surface area contributed by atoms with Crippen LogP contribution in [0.3, 0.4) is 0 Å². The lowest BCUT2D eigenvalue weighted by Gasteiger charge is -2.05. The molecule has 0 unspecified atom stereocenters. The molecule has 60 valence electrons. The van der Waals surface area contributed by atoms with Crippen LogP contribution < -0.4 is 5.32 Å². The molecule has 1 rings (SSSR count). The Kier molecular flexibility index (Phi) is 2.53. The zero-order valence-electron chi connectivity index (χ0n) is 7.44. The Hall–Kier alpha value is -0.980. The molecular weight excluding hydrogens is 134 g/mol. The second-order valence-corrected chi connectivity index (χ2v) is 2.74. The smallest absolute Gasteiger partial charge is 0.0340 e. The Morgan fingerprint density at radius 2 is 2.09 bits per heavy atom. The van der Waals surface area contributed by atoms with Crippen LogP contribution in [0.5, 0.6) is 0 Å². The topological polar surface area (TPSA) is 12.0 Å². The number of rotatable bonds is 2. The Morgan fingerprint density at radius 1 is 1.36 bits per heavy atom. The molecule has 0 aliphatic heterocycles. The highest BCUT2D eigenvalue weighted by molar-refractivity contribution is 5.47. The van der Waals surface area contributed by atoms with Crippen LogP contribution in [-0.4, -0.2) is 7.05 Å². The van der Waals surface area contributed by atoms with Gasteiger partial charge in [0.05, 0.1) is 0 Å². The quantitative estimate of drug-likeness (QED) is 0.681. The van der Waals surface area contributed by atoms with Crippen molar-refractivity contribution in [1.29, 1.82) is 0 Å². The van der Waals surface area contributed by atoms with Crippen molar-refractivity contribution in [2.24, 2.45) is 0 Å². The number of benzene rings is 1. The van der Waals surface area contributed by atoms with Crippen molar-refractivity contribution >= 4 is 5.69 Å². The van der Waals surface area contributed by atoms with E-state index >= 15 is 0 Å². The average Bonchev–Trinajstić information content (AvgIpc) is 2.05. The third-order valence-corrected chi connectivity index (χ3v) is 2.02. The molecule has 0 heterocycles. The fraction of sp³-hybridized carbons (Fsp3) is 0.400. The van der Waals surface area contributed by atoms with Gasteiger partial charge in [0.15, 0.2) is 0 Å². The minimum Gasteiger partial charge on any atom is -0.388 e. The van der Waals surface area contributed by atoms with Crippen LogP contribution in [0, 0.1) is 6.92 Å². The summed E-state index contributed by atoms with van der Waals surface area (Å²) in [6.45, 7) is 4.33. The second kappa shape index (κ2) is 3.42. The highest BCUT2D eigenvalue weighted by Gasteiger charge is 1.95. The fourth-order valence-electron chi connectivity index (χ4n) is 1.21. The number of nitrogens with one attached hydrogen (secondary N) is 1. The summed E-state index contributed by atoms with van der Waals surface area (Å²) >= 11 is 0. The summed E-state index contributed by atoms with van der Waals surface area (Å²) in [6.07, 6.45) is 1.11. The summed E-state index contributed by atoms with van der Waals surface area (Å²) in [5.41, 5.74) is 4.01. The van der Waals surface area contributed by atoms with Gasteiger partial charge in [0.1, 0.15) is 0 Å². The van der Waals surface area contributed by atoms with Gasteiger partial charge < -0.3 is 5.32 Å². The lowest BCUT2D eigenvalue weighted by molar-refractivity contribution is 1.11. The molecule has 0 aliphatic rings. The maximum Gasteiger partial charge on any atom is 0.0340 e. The van der Waals surface area contributed by atoms with E-state index in [1.165, 1.54) is 16.8 Å². The van der Waals surface area contributed by atoms with Gasteiger partial charge in [0.25, 0.3) is 0 Å². The van der Waals surface area contributed by atoms with Crippen LogP contribution >= 0.6 is 0 Å². The summed E-state index contributed by atoms with van der Waals surface area (Å²) in [4.78, 5) is 0. The highest BCUT2D eigenvalue weighted by Crippen LogP contribution is 2.14. The van der Waals surface area contributed by atoms with E-state index in [1.807, 2.05) is 7.05 Å². The summed E-state index contributed by atoms with van der Waals surface area (Å²) in [6, 6.07) is 6.47. The standard InChI is InChI=1S/C10H15N/c1-4-9-7-10(11-3)6-5-8(9)2/h5-7,11H,4H2,1-3H3. The van der Waals surface area contributed by atoms with Crippen molar-refractivity contribution in [3.63, 3.8) is 0 Å². The number of aryl methyl sites for hydroxylation is 2. The van der Waals surface area contributed by atoms with Crippen molar-refractivity contribution in [3.8, 4) is 0 Å². The van der Waals surface area contributed by atoms with Gasteiger partial charge in [0, 0.05) is 12.7 Å². The molecule has 0 spiro atoms. The van der Waals surface area contributed by atoms with Crippen molar-refractivity contribution in [1.82, 2.24) is 0 Å². The van der Waals surface area contributed by atoms with E-state index in [2.05, 4.69) is 37.4 Å². The third-order valence-electron chi connectivity index (χ3n) is 2.02. The first-order valence-corrected chi connectivity index (χ1v) is 4.05. The number of hydrogen-bond acceptors (Lipinski definition) is 1. The Balaban J connectivity index is 3.02. The molecule has 0 atom stereocenters. The van der Waals surface area contributed by atoms with Crippen LogP contribution in [0.2, 0.25) is 0 Å². The van der Waals surface area contributed by atoms with Crippen LogP contribution in [0.25, 0.3) is 0 Å². The van der Waals surface area contributed by atoms with Crippen molar-refractivity contribution in [2.45, 2.75) is 20.3 Å². The van der Waals surface area contributed by atoms with Gasteiger partial charge >= 0.3 is 0 Å². The van der Waals surface area contributed by atoms with Crippen molar-refractivity contribution in [3.05, 3.63) is 29.3 Å². The molecule has 11 heavy (non-hydrogen) atoms. The van der Waals surface area contributed by atoms with E-state index in [1.54, 1.807) is 0 Å². The SMILES string of the molecule is CCc1cc(NC)ccc1C. The largest absolute Gasteiger partial charge is 0.388 e. The minimum atomic E-state index is 1.11. The Bertz CT molecular complexity index is 241. The molecule has 0 bridgehead atoms. The number of anilines is 1. The van der Waals surface area contributed by atoms with Gasteiger partial charge in [-0.3, -0.25) is 0 Å². The average molecular weight is 149 g/mol. The van der Waals surface area contributed by atoms with Gasteiger partial charge in [-0.15, -0.1) is 0 Å². The van der Waals surface area contributed by atoms with Crippen LogP contribution in [0.4, 0.5) is 5.69 Å². The summed E-state index contributed by atoms with van der Waals surface area (Å²) in [7, 11) is 1.95. The van der Waals surface area contributed by atoms with Crippen LogP contribution in [-0.2, 0) is 6.42 Å². The maximum absolute atomic E-state index is 3.13. The molecule has 0 saturated heterocycles. The number of hydrogen-bond donors (Lipinski definition) is 1. The summed E-state index contributed by atoms with van der Waals surface area (Å²) in [5.74, 6) is 0. The normalized spacial score (nSPS) is 9.73. The molecule has 1 aromatic rings. The first-order valence-electron chi connectivity index (χ1n) is 4.05. The maximum atomic E-state index is 3.13. The predicted molar refractivity (Wildman–Crippen MR) is 50.1 cm³/mol. The molecule has 1 aromatic carbocycles. The molecule has 1 nitrogen and oxygen atoms in total. The van der Waals surface area contributed by atoms with Crippen LogP contribution in [0.15, 0.2) is 18.2 Å². The lowest BCUT2D eigenvalue weighted by atomic mass is 10.1. The molecule has 0 amide bonds. The molecule has 0 aliphatic carbocycles. The van der Waals surface area contributed by atoms with E-state index < -0.39 is 0 Å². The Morgan fingerprint density at radius 3 is 2.64 bits per heavy atom.